The fourth-order valence-corrected chi connectivity index (χ4v) is 3.24. The molecule has 2 aliphatic rings. The molecule has 2 unspecified atom stereocenters. The van der Waals surface area contributed by atoms with E-state index in [-0.39, 0.29) is 5.97 Å². The van der Waals surface area contributed by atoms with E-state index in [0.29, 0.717) is 12.1 Å². The number of ether oxygens (including phenoxy) is 1. The summed E-state index contributed by atoms with van der Waals surface area (Å²) in [5.74, 6) is -0.156. The Balaban J connectivity index is 1.76. The summed E-state index contributed by atoms with van der Waals surface area (Å²) in [6.45, 7) is 0.973. The number of hydrogen-bond donors (Lipinski definition) is 0. The van der Waals surface area contributed by atoms with Crippen LogP contribution < -0.4 is 0 Å². The van der Waals surface area contributed by atoms with Gasteiger partial charge in [0.25, 0.3) is 0 Å². The smallest absolute Gasteiger partial charge is 0.333 e. The standard InChI is InChI=1S/C16H19NO2/c1-19-16(18)13-9-14-7-8-15(10-13)17(14)11-12-5-3-2-4-6-12/h2-6,9,14-15H,7-8,10-11H2,1H3. The van der Waals surface area contributed by atoms with E-state index >= 15 is 0 Å². The molecule has 0 N–H and O–H groups in total. The Bertz CT molecular complexity index is 495. The second-order valence-electron chi connectivity index (χ2n) is 5.34. The molecule has 1 saturated heterocycles. The van der Waals surface area contributed by atoms with Gasteiger partial charge in [0.05, 0.1) is 7.11 Å². The van der Waals surface area contributed by atoms with Gasteiger partial charge < -0.3 is 4.74 Å². The predicted molar refractivity (Wildman–Crippen MR) is 73.5 cm³/mol. The summed E-state index contributed by atoms with van der Waals surface area (Å²) < 4.78 is 4.84. The maximum atomic E-state index is 11.6. The first kappa shape index (κ1) is 12.4. The SMILES string of the molecule is COC(=O)C1=CC2CCC(C1)N2Cc1ccccc1. The maximum absolute atomic E-state index is 11.6. The Morgan fingerprint density at radius 1 is 1.32 bits per heavy atom. The summed E-state index contributed by atoms with van der Waals surface area (Å²) in [6, 6.07) is 11.4. The Morgan fingerprint density at radius 2 is 2.11 bits per heavy atom. The Hall–Kier alpha value is -1.61. The molecule has 2 heterocycles. The van der Waals surface area contributed by atoms with E-state index in [0.717, 1.165) is 25.0 Å². The molecule has 0 saturated carbocycles. The zero-order chi connectivity index (χ0) is 13.2. The number of methoxy groups -OCH3 is 1. The van der Waals surface area contributed by atoms with Crippen LogP contribution in [-0.4, -0.2) is 30.1 Å². The largest absolute Gasteiger partial charge is 0.466 e. The first-order valence-corrected chi connectivity index (χ1v) is 6.86. The number of esters is 1. The summed E-state index contributed by atoms with van der Waals surface area (Å²) in [5.41, 5.74) is 2.20. The van der Waals surface area contributed by atoms with Gasteiger partial charge in [-0.2, -0.15) is 0 Å². The van der Waals surface area contributed by atoms with Gasteiger partial charge in [-0.1, -0.05) is 36.4 Å². The summed E-state index contributed by atoms with van der Waals surface area (Å²) in [7, 11) is 1.46. The number of nitrogens with zero attached hydrogens (tertiary/aromatic N) is 1. The van der Waals surface area contributed by atoms with Crippen LogP contribution >= 0.6 is 0 Å². The van der Waals surface area contributed by atoms with Crippen LogP contribution in [0.2, 0.25) is 0 Å². The fourth-order valence-electron chi connectivity index (χ4n) is 3.24. The Morgan fingerprint density at radius 3 is 2.79 bits per heavy atom. The molecule has 19 heavy (non-hydrogen) atoms. The van der Waals surface area contributed by atoms with Crippen LogP contribution in [0.3, 0.4) is 0 Å². The number of benzene rings is 1. The molecule has 3 heteroatoms. The van der Waals surface area contributed by atoms with Gasteiger partial charge in [0.2, 0.25) is 0 Å². The van der Waals surface area contributed by atoms with Gasteiger partial charge in [-0.3, -0.25) is 4.90 Å². The molecule has 0 spiro atoms. The van der Waals surface area contributed by atoms with Gasteiger partial charge in [-0.05, 0) is 24.8 Å². The maximum Gasteiger partial charge on any atom is 0.333 e. The van der Waals surface area contributed by atoms with Crippen LogP contribution in [0.15, 0.2) is 42.0 Å². The molecule has 0 aliphatic carbocycles. The quantitative estimate of drug-likeness (QED) is 0.779. The van der Waals surface area contributed by atoms with Gasteiger partial charge >= 0.3 is 5.97 Å². The van der Waals surface area contributed by atoms with Crippen molar-refractivity contribution in [2.45, 2.75) is 37.9 Å². The summed E-state index contributed by atoms with van der Waals surface area (Å²) in [4.78, 5) is 14.2. The molecule has 100 valence electrons. The van der Waals surface area contributed by atoms with Crippen molar-refractivity contribution in [3.63, 3.8) is 0 Å². The molecule has 0 amide bonds. The highest BCUT2D eigenvalue weighted by Gasteiger charge is 2.37. The summed E-state index contributed by atoms with van der Waals surface area (Å²) >= 11 is 0. The highest BCUT2D eigenvalue weighted by Crippen LogP contribution is 2.36. The van der Waals surface area contributed by atoms with Crippen molar-refractivity contribution < 1.29 is 9.53 Å². The third-order valence-corrected chi connectivity index (χ3v) is 4.20. The molecule has 3 rings (SSSR count). The lowest BCUT2D eigenvalue weighted by Crippen LogP contribution is -2.39. The van der Waals surface area contributed by atoms with Crippen molar-refractivity contribution in [2.24, 2.45) is 0 Å². The zero-order valence-corrected chi connectivity index (χ0v) is 11.2. The van der Waals surface area contributed by atoms with Crippen LogP contribution in [-0.2, 0) is 16.1 Å². The molecule has 0 radical (unpaired) electrons. The second kappa shape index (κ2) is 5.17. The van der Waals surface area contributed by atoms with Gasteiger partial charge in [0.15, 0.2) is 0 Å². The molecule has 3 nitrogen and oxygen atoms in total. The number of rotatable bonds is 3. The van der Waals surface area contributed by atoms with Gasteiger partial charge in [-0.15, -0.1) is 0 Å². The van der Waals surface area contributed by atoms with Crippen molar-refractivity contribution >= 4 is 5.97 Å². The van der Waals surface area contributed by atoms with Crippen molar-refractivity contribution in [2.75, 3.05) is 7.11 Å². The summed E-state index contributed by atoms with van der Waals surface area (Å²) in [5, 5.41) is 0. The van der Waals surface area contributed by atoms with E-state index < -0.39 is 0 Å². The lowest BCUT2D eigenvalue weighted by atomic mass is 10.0. The van der Waals surface area contributed by atoms with Gasteiger partial charge in [-0.25, -0.2) is 4.79 Å². The average Bonchev–Trinajstić information content (AvgIpc) is 2.69. The number of carbonyl (C=O) groups excluding carboxylic acids is 1. The molecule has 1 fully saturated rings. The Kier molecular flexibility index (Phi) is 3.38. The molecule has 2 atom stereocenters. The highest BCUT2D eigenvalue weighted by molar-refractivity contribution is 5.88. The van der Waals surface area contributed by atoms with Crippen LogP contribution in [0.5, 0.6) is 0 Å². The topological polar surface area (TPSA) is 29.5 Å². The van der Waals surface area contributed by atoms with E-state index in [9.17, 15) is 4.79 Å². The van der Waals surface area contributed by atoms with Crippen molar-refractivity contribution in [1.82, 2.24) is 4.90 Å². The summed E-state index contributed by atoms with van der Waals surface area (Å²) in [6.07, 6.45) is 5.26. The predicted octanol–water partition coefficient (Wildman–Crippen LogP) is 2.52. The minimum Gasteiger partial charge on any atom is -0.466 e. The minimum atomic E-state index is -0.156. The van der Waals surface area contributed by atoms with Crippen LogP contribution in [0.1, 0.15) is 24.8 Å². The third-order valence-electron chi connectivity index (χ3n) is 4.20. The van der Waals surface area contributed by atoms with Crippen molar-refractivity contribution in [3.05, 3.63) is 47.5 Å². The van der Waals surface area contributed by atoms with Crippen molar-refractivity contribution in [1.29, 1.82) is 0 Å². The molecule has 2 aliphatic heterocycles. The second-order valence-corrected chi connectivity index (χ2v) is 5.34. The third kappa shape index (κ3) is 2.43. The van der Waals surface area contributed by atoms with Gasteiger partial charge in [0.1, 0.15) is 0 Å². The van der Waals surface area contributed by atoms with E-state index in [4.69, 9.17) is 4.74 Å². The highest BCUT2D eigenvalue weighted by atomic mass is 16.5. The van der Waals surface area contributed by atoms with E-state index in [1.54, 1.807) is 0 Å². The molecular formula is C16H19NO2. The van der Waals surface area contributed by atoms with E-state index in [2.05, 4.69) is 35.2 Å². The zero-order valence-electron chi connectivity index (χ0n) is 11.2. The normalized spacial score (nSPS) is 26.1. The molecular weight excluding hydrogens is 238 g/mol. The average molecular weight is 257 g/mol. The first-order chi connectivity index (χ1) is 9.28. The van der Waals surface area contributed by atoms with Crippen LogP contribution in [0, 0.1) is 0 Å². The van der Waals surface area contributed by atoms with Crippen LogP contribution in [0.25, 0.3) is 0 Å². The van der Waals surface area contributed by atoms with E-state index in [1.807, 2.05) is 6.07 Å². The molecule has 0 aromatic heterocycles. The minimum absolute atomic E-state index is 0.156. The number of hydrogen-bond acceptors (Lipinski definition) is 3. The lowest BCUT2D eigenvalue weighted by Gasteiger charge is -2.33. The molecule has 1 aromatic carbocycles. The van der Waals surface area contributed by atoms with Gasteiger partial charge in [0, 0.05) is 24.2 Å². The first-order valence-electron chi connectivity index (χ1n) is 6.86. The molecule has 2 bridgehead atoms. The van der Waals surface area contributed by atoms with E-state index in [1.165, 1.54) is 19.1 Å². The lowest BCUT2D eigenvalue weighted by molar-refractivity contribution is -0.136. The van der Waals surface area contributed by atoms with Crippen molar-refractivity contribution in [3.8, 4) is 0 Å². The number of carbonyl (C=O) groups is 1. The fraction of sp³-hybridized carbons (Fsp3) is 0.438. The van der Waals surface area contributed by atoms with Crippen LogP contribution in [0.4, 0.5) is 0 Å². The monoisotopic (exact) mass is 257 g/mol. The number of fused-ring (bicyclic) bond motifs is 2. The Labute approximate surface area is 113 Å². The molecule has 1 aromatic rings.